The monoisotopic (exact) mass is 450 g/mol. The average Bonchev–Trinajstić information content (AvgIpc) is 2.66. The quantitative estimate of drug-likeness (QED) is 0.634. The zero-order valence-corrected chi connectivity index (χ0v) is 18.1. The second-order valence-corrected chi connectivity index (χ2v) is 9.80. The van der Waals surface area contributed by atoms with Crippen LogP contribution in [0.1, 0.15) is 46.0 Å². The van der Waals surface area contributed by atoms with Gasteiger partial charge >= 0.3 is 6.18 Å². The number of methoxy groups -OCH3 is 1. The van der Waals surface area contributed by atoms with E-state index in [1.54, 1.807) is 0 Å². The first-order chi connectivity index (χ1) is 13.9. The summed E-state index contributed by atoms with van der Waals surface area (Å²) in [6.07, 6.45) is -3.41. The molecule has 0 aromatic heterocycles. The predicted octanol–water partition coefficient (Wildman–Crippen LogP) is 3.63. The summed E-state index contributed by atoms with van der Waals surface area (Å²) in [4.78, 5) is 12.7. The molecule has 30 heavy (non-hydrogen) atoms. The van der Waals surface area contributed by atoms with Crippen molar-refractivity contribution in [3.63, 3.8) is 0 Å². The predicted molar refractivity (Wildman–Crippen MR) is 107 cm³/mol. The Morgan fingerprint density at radius 2 is 1.83 bits per heavy atom. The van der Waals surface area contributed by atoms with E-state index in [0.29, 0.717) is 18.6 Å². The van der Waals surface area contributed by atoms with Gasteiger partial charge in [-0.15, -0.1) is 0 Å². The maximum absolute atomic E-state index is 13.0. The molecule has 1 fully saturated rings. The molecule has 2 rings (SSSR count). The van der Waals surface area contributed by atoms with Gasteiger partial charge in [-0.1, -0.05) is 20.3 Å². The molecule has 1 aromatic carbocycles. The molecule has 2 N–H and O–H groups in total. The Balaban J connectivity index is 2.11. The van der Waals surface area contributed by atoms with Crippen LogP contribution in [-0.2, 0) is 14.8 Å². The average molecular weight is 451 g/mol. The fourth-order valence-corrected chi connectivity index (χ4v) is 4.82. The van der Waals surface area contributed by atoms with Gasteiger partial charge in [0, 0.05) is 6.04 Å². The van der Waals surface area contributed by atoms with Crippen LogP contribution in [0.2, 0.25) is 0 Å². The van der Waals surface area contributed by atoms with E-state index in [-0.39, 0.29) is 30.1 Å². The highest BCUT2D eigenvalue weighted by Crippen LogP contribution is 2.37. The summed E-state index contributed by atoms with van der Waals surface area (Å²) in [5.41, 5.74) is 0. The number of carbonyl (C=O) groups excluding carboxylic acids is 1. The fourth-order valence-electron chi connectivity index (χ4n) is 3.61. The van der Waals surface area contributed by atoms with Crippen LogP contribution in [0.3, 0.4) is 0 Å². The third kappa shape index (κ3) is 6.87. The highest BCUT2D eigenvalue weighted by molar-refractivity contribution is 7.89. The van der Waals surface area contributed by atoms with Gasteiger partial charge in [0.1, 0.15) is 11.8 Å². The van der Waals surface area contributed by atoms with Gasteiger partial charge in [0.05, 0.1) is 17.9 Å². The molecule has 1 amide bonds. The number of rotatable bonds is 8. The molecule has 0 radical (unpaired) electrons. The molecular weight excluding hydrogens is 421 g/mol. The molecular formula is C20H29F3N2O4S. The van der Waals surface area contributed by atoms with E-state index in [1.807, 2.05) is 13.8 Å². The molecule has 0 bridgehead atoms. The Bertz CT molecular complexity index is 810. The Labute approximate surface area is 175 Å². The molecule has 3 atom stereocenters. The number of hydrogen-bond acceptors (Lipinski definition) is 4. The summed E-state index contributed by atoms with van der Waals surface area (Å²) < 4.78 is 72.0. The van der Waals surface area contributed by atoms with Crippen LogP contribution in [-0.4, -0.2) is 39.7 Å². The number of hydrogen-bond donors (Lipinski definition) is 2. The molecule has 0 heterocycles. The second-order valence-electron chi connectivity index (χ2n) is 8.09. The maximum atomic E-state index is 13.0. The third-order valence-corrected chi connectivity index (χ3v) is 6.66. The van der Waals surface area contributed by atoms with Crippen LogP contribution in [0.25, 0.3) is 0 Å². The van der Waals surface area contributed by atoms with E-state index in [9.17, 15) is 26.4 Å². The molecule has 10 heteroatoms. The molecule has 170 valence electrons. The maximum Gasteiger partial charge on any atom is 0.391 e. The zero-order valence-electron chi connectivity index (χ0n) is 17.3. The van der Waals surface area contributed by atoms with Gasteiger partial charge in [0.15, 0.2) is 0 Å². The van der Waals surface area contributed by atoms with Crippen molar-refractivity contribution in [1.29, 1.82) is 0 Å². The van der Waals surface area contributed by atoms with Crippen molar-refractivity contribution in [3.05, 3.63) is 24.3 Å². The minimum Gasteiger partial charge on any atom is -0.497 e. The number of halogens is 3. The molecule has 1 saturated carbocycles. The number of nitrogens with one attached hydrogen (secondary N) is 2. The molecule has 1 aliphatic carbocycles. The number of ether oxygens (including phenoxy) is 1. The van der Waals surface area contributed by atoms with Gasteiger partial charge in [-0.2, -0.15) is 17.9 Å². The lowest BCUT2D eigenvalue weighted by atomic mass is 9.85. The zero-order chi connectivity index (χ0) is 22.5. The fraction of sp³-hybridized carbons (Fsp3) is 0.650. The van der Waals surface area contributed by atoms with Crippen molar-refractivity contribution in [3.8, 4) is 5.75 Å². The summed E-state index contributed by atoms with van der Waals surface area (Å²) in [7, 11) is -2.54. The summed E-state index contributed by atoms with van der Waals surface area (Å²) >= 11 is 0. The van der Waals surface area contributed by atoms with E-state index >= 15 is 0 Å². The molecule has 1 aliphatic rings. The van der Waals surface area contributed by atoms with Crippen LogP contribution in [0.5, 0.6) is 5.75 Å². The number of alkyl halides is 3. The van der Waals surface area contributed by atoms with Crippen molar-refractivity contribution in [1.82, 2.24) is 10.0 Å². The van der Waals surface area contributed by atoms with Crippen molar-refractivity contribution < 1.29 is 31.1 Å². The first-order valence-corrected chi connectivity index (χ1v) is 11.4. The number of amides is 1. The lowest BCUT2D eigenvalue weighted by molar-refractivity contribution is -0.184. The van der Waals surface area contributed by atoms with Crippen molar-refractivity contribution >= 4 is 15.9 Å². The molecule has 1 aromatic rings. The number of carbonyl (C=O) groups is 1. The van der Waals surface area contributed by atoms with E-state index in [0.717, 1.165) is 0 Å². The molecule has 6 nitrogen and oxygen atoms in total. The lowest BCUT2D eigenvalue weighted by Crippen LogP contribution is -2.51. The van der Waals surface area contributed by atoms with Crippen LogP contribution in [0.15, 0.2) is 29.2 Å². The number of sulfonamides is 1. The highest BCUT2D eigenvalue weighted by atomic mass is 32.2. The van der Waals surface area contributed by atoms with Crippen molar-refractivity contribution in [2.75, 3.05) is 7.11 Å². The SMILES string of the molecule is COc1ccc(S(=O)(=O)NC(CC(C)C)C(=O)NC2CCCC(C(F)(F)F)C2)cc1. The number of benzene rings is 1. The minimum atomic E-state index is -4.29. The van der Waals surface area contributed by atoms with Crippen molar-refractivity contribution in [2.24, 2.45) is 11.8 Å². The first-order valence-electron chi connectivity index (χ1n) is 9.96. The van der Waals surface area contributed by atoms with E-state index < -0.39 is 40.1 Å². The van der Waals surface area contributed by atoms with Gasteiger partial charge < -0.3 is 10.1 Å². The van der Waals surface area contributed by atoms with Crippen LogP contribution in [0.4, 0.5) is 13.2 Å². The Morgan fingerprint density at radius 3 is 2.37 bits per heavy atom. The Morgan fingerprint density at radius 1 is 1.20 bits per heavy atom. The standard InChI is InChI=1S/C20H29F3N2O4S/c1-13(2)11-18(25-30(27,28)17-9-7-16(29-3)8-10-17)19(26)24-15-6-4-5-14(12-15)20(21,22)23/h7-10,13-15,18,25H,4-6,11-12H2,1-3H3,(H,24,26). The second kappa shape index (κ2) is 10.00. The Hall–Kier alpha value is -1.81. The summed E-state index contributed by atoms with van der Waals surface area (Å²) in [6.45, 7) is 3.67. The van der Waals surface area contributed by atoms with Gasteiger partial charge in [0.2, 0.25) is 15.9 Å². The molecule has 0 aliphatic heterocycles. The molecule has 0 spiro atoms. The third-order valence-electron chi connectivity index (χ3n) is 5.17. The first kappa shape index (κ1) is 24.5. The largest absolute Gasteiger partial charge is 0.497 e. The van der Waals surface area contributed by atoms with Gasteiger partial charge in [-0.3, -0.25) is 4.79 Å². The van der Waals surface area contributed by atoms with Gasteiger partial charge in [0.25, 0.3) is 0 Å². The summed E-state index contributed by atoms with van der Waals surface area (Å²) in [5, 5.41) is 2.63. The smallest absolute Gasteiger partial charge is 0.391 e. The molecule has 3 unspecified atom stereocenters. The summed E-state index contributed by atoms with van der Waals surface area (Å²) in [5.74, 6) is -1.57. The normalized spacial score (nSPS) is 21.3. The Kier molecular flexibility index (Phi) is 8.15. The summed E-state index contributed by atoms with van der Waals surface area (Å²) in [6, 6.07) is 4.00. The van der Waals surface area contributed by atoms with Crippen molar-refractivity contribution in [2.45, 2.75) is 69.1 Å². The van der Waals surface area contributed by atoms with Crippen LogP contribution >= 0.6 is 0 Å². The van der Waals surface area contributed by atoms with E-state index in [4.69, 9.17) is 4.74 Å². The van der Waals surface area contributed by atoms with Gasteiger partial charge in [-0.05, 0) is 55.9 Å². The minimum absolute atomic E-state index is 0.00593. The van der Waals surface area contributed by atoms with Crippen LogP contribution < -0.4 is 14.8 Å². The van der Waals surface area contributed by atoms with Crippen LogP contribution in [0, 0.1) is 11.8 Å². The highest BCUT2D eigenvalue weighted by Gasteiger charge is 2.42. The van der Waals surface area contributed by atoms with E-state index in [2.05, 4.69) is 10.0 Å². The lowest BCUT2D eigenvalue weighted by Gasteiger charge is -2.32. The van der Waals surface area contributed by atoms with Gasteiger partial charge in [-0.25, -0.2) is 8.42 Å². The molecule has 0 saturated heterocycles. The topological polar surface area (TPSA) is 84.5 Å². The van der Waals surface area contributed by atoms with E-state index in [1.165, 1.54) is 31.4 Å².